The average molecular weight is 1150 g/mol. The van der Waals surface area contributed by atoms with Gasteiger partial charge in [-0.05, 0) is 140 Å². The first kappa shape index (κ1) is 53.2. The first-order chi connectivity index (χ1) is 41.6. The summed E-state index contributed by atoms with van der Waals surface area (Å²) in [6, 6.07) is 64.6. The van der Waals surface area contributed by atoms with Crippen LogP contribution in [0.15, 0.2) is 251 Å². The first-order valence-electron chi connectivity index (χ1n) is 26.4. The van der Waals surface area contributed by atoms with Crippen LogP contribution >= 0.6 is 11.6 Å². The topological polar surface area (TPSA) is 141 Å². The lowest BCUT2D eigenvalue weighted by Gasteiger charge is -2.09. The number of rotatable bonds is 10. The molecule has 0 saturated heterocycles. The Morgan fingerprint density at radius 1 is 0.376 bits per heavy atom. The summed E-state index contributed by atoms with van der Waals surface area (Å²) < 4.78 is 82.0. The Bertz CT molecular complexity index is 4850. The van der Waals surface area contributed by atoms with E-state index in [0.717, 1.165) is 90.1 Å². The average Bonchev–Trinajstić information content (AvgIpc) is 4.59. The zero-order valence-corrected chi connectivity index (χ0v) is 45.3. The molecule has 6 heterocycles. The van der Waals surface area contributed by atoms with E-state index in [1.165, 1.54) is 33.6 Å². The van der Waals surface area contributed by atoms with Gasteiger partial charge in [0.25, 0.3) is 0 Å². The number of hydrogen-bond acceptors (Lipinski definition) is 10. The minimum atomic E-state index is -0.692. The Morgan fingerprint density at radius 2 is 0.753 bits per heavy atom. The lowest BCUT2D eigenvalue weighted by Crippen LogP contribution is -2.02. The monoisotopic (exact) mass is 1150 g/mol. The van der Waals surface area contributed by atoms with Gasteiger partial charge in [0.15, 0.2) is 28.9 Å². The third kappa shape index (κ3) is 10.7. The van der Waals surface area contributed by atoms with Crippen molar-refractivity contribution in [3.63, 3.8) is 0 Å². The van der Waals surface area contributed by atoms with Gasteiger partial charge < -0.3 is 18.3 Å². The van der Waals surface area contributed by atoms with Crippen molar-refractivity contribution in [2.75, 3.05) is 7.11 Å². The highest BCUT2D eigenvalue weighted by atomic mass is 35.5. The van der Waals surface area contributed by atoms with Gasteiger partial charge in [-0.1, -0.05) is 93.8 Å². The van der Waals surface area contributed by atoms with Crippen LogP contribution in [0.4, 0.5) is 17.6 Å². The largest absolute Gasteiger partial charge is 0.497 e. The fourth-order valence-electron chi connectivity index (χ4n) is 9.89. The molecule has 0 radical (unpaired) electrons. The van der Waals surface area contributed by atoms with Gasteiger partial charge in [0.05, 0.1) is 64.6 Å². The summed E-state index contributed by atoms with van der Waals surface area (Å²) in [4.78, 5) is 0. The Hall–Kier alpha value is -11.2. The van der Waals surface area contributed by atoms with Crippen molar-refractivity contribution in [1.82, 2.24) is 44.8 Å². The molecular formula is C67H42ClF4N9O4. The van der Waals surface area contributed by atoms with E-state index in [1.807, 2.05) is 156 Å². The predicted octanol–water partition coefficient (Wildman–Crippen LogP) is 17.3. The third-order valence-corrected chi connectivity index (χ3v) is 14.3. The first-order valence-corrected chi connectivity index (χ1v) is 26.8. The van der Waals surface area contributed by atoms with Crippen molar-refractivity contribution >= 4 is 44.3 Å². The number of para-hydroxylation sites is 1. The maximum absolute atomic E-state index is 14.3. The van der Waals surface area contributed by atoms with E-state index in [9.17, 15) is 17.6 Å². The van der Waals surface area contributed by atoms with Crippen molar-refractivity contribution < 1.29 is 35.9 Å². The molecule has 6 aromatic heterocycles. The fourth-order valence-corrected chi connectivity index (χ4v) is 10.0. The molecule has 0 bridgehead atoms. The predicted molar refractivity (Wildman–Crippen MR) is 317 cm³/mol. The summed E-state index contributed by atoms with van der Waals surface area (Å²) >= 11 is 5.97. The van der Waals surface area contributed by atoms with Gasteiger partial charge in [0.1, 0.15) is 45.3 Å². The van der Waals surface area contributed by atoms with Gasteiger partial charge in [-0.3, -0.25) is 0 Å². The molecule has 0 aliphatic carbocycles. The van der Waals surface area contributed by atoms with Crippen molar-refractivity contribution in [2.45, 2.75) is 0 Å². The second-order valence-corrected chi connectivity index (χ2v) is 19.7. The van der Waals surface area contributed by atoms with Crippen LogP contribution in [0, 0.1) is 23.3 Å². The maximum Gasteiger partial charge on any atom is 0.174 e. The summed E-state index contributed by atoms with van der Waals surface area (Å²) in [5, 5.41) is 28.6. The molecule has 0 atom stereocenters. The summed E-state index contributed by atoms with van der Waals surface area (Å²) in [6.07, 6.45) is 4.95. The number of hydrogen-bond donors (Lipinski definition) is 0. The maximum atomic E-state index is 14.3. The second kappa shape index (κ2) is 23.0. The van der Waals surface area contributed by atoms with Gasteiger partial charge in [-0.25, -0.2) is 31.6 Å². The zero-order valence-electron chi connectivity index (χ0n) is 44.6. The van der Waals surface area contributed by atoms with Crippen molar-refractivity contribution in [2.24, 2.45) is 0 Å². The van der Waals surface area contributed by atoms with Crippen LogP contribution in [0.2, 0.25) is 5.02 Å². The quantitative estimate of drug-likeness (QED) is 0.122. The molecule has 0 N–H and O–H groups in total. The van der Waals surface area contributed by atoms with Crippen LogP contribution in [0.3, 0.4) is 0 Å². The number of fused-ring (bicyclic) bond motifs is 3. The molecule has 414 valence electrons. The van der Waals surface area contributed by atoms with Gasteiger partial charge in [0, 0.05) is 50.5 Å². The third-order valence-electron chi connectivity index (χ3n) is 14.0. The molecule has 0 fully saturated rings. The molecule has 0 spiro atoms. The number of benzene rings is 9. The molecule has 0 saturated carbocycles. The van der Waals surface area contributed by atoms with Crippen molar-refractivity contribution in [3.8, 4) is 90.6 Å². The van der Waals surface area contributed by atoms with Crippen LogP contribution < -0.4 is 4.74 Å². The van der Waals surface area contributed by atoms with Crippen molar-refractivity contribution in [3.05, 3.63) is 265 Å². The van der Waals surface area contributed by atoms with E-state index in [-0.39, 0.29) is 11.4 Å². The Kier molecular flexibility index (Phi) is 14.4. The normalized spacial score (nSPS) is 11.2. The van der Waals surface area contributed by atoms with Gasteiger partial charge in [-0.15, -0.1) is 0 Å². The van der Waals surface area contributed by atoms with Gasteiger partial charge >= 0.3 is 0 Å². The van der Waals surface area contributed by atoms with E-state index in [1.54, 1.807) is 43.8 Å². The Morgan fingerprint density at radius 3 is 1.18 bits per heavy atom. The minimum Gasteiger partial charge on any atom is -0.497 e. The van der Waals surface area contributed by atoms with Gasteiger partial charge in [-0.2, -0.15) is 15.3 Å². The summed E-state index contributed by atoms with van der Waals surface area (Å²) in [7, 11) is 1.61. The number of halogens is 5. The van der Waals surface area contributed by atoms with E-state index in [0.29, 0.717) is 39.0 Å². The molecule has 0 aliphatic rings. The molecular weight excluding hydrogens is 1110 g/mol. The zero-order chi connectivity index (χ0) is 58.0. The van der Waals surface area contributed by atoms with E-state index in [4.69, 9.17) is 29.9 Å². The molecule has 15 rings (SSSR count). The van der Waals surface area contributed by atoms with Crippen LogP contribution in [0.5, 0.6) is 5.75 Å². The van der Waals surface area contributed by atoms with Crippen LogP contribution in [-0.2, 0) is 0 Å². The van der Waals surface area contributed by atoms with Gasteiger partial charge in [0.2, 0.25) is 0 Å². The highest BCUT2D eigenvalue weighted by molar-refractivity contribution is 6.30. The van der Waals surface area contributed by atoms with Crippen LogP contribution in [0.1, 0.15) is 0 Å². The number of nitrogens with zero attached hydrogens (tertiary/aromatic N) is 9. The molecule has 18 heteroatoms. The van der Waals surface area contributed by atoms with Crippen molar-refractivity contribution in [1.29, 1.82) is 0 Å². The second-order valence-electron chi connectivity index (χ2n) is 19.2. The Labute approximate surface area is 485 Å². The lowest BCUT2D eigenvalue weighted by atomic mass is 10.0. The highest BCUT2D eigenvalue weighted by Gasteiger charge is 2.20. The number of ether oxygens (including phenoxy) is 1. The minimum absolute atomic E-state index is 0.162. The van der Waals surface area contributed by atoms with Crippen LogP contribution in [0.25, 0.3) is 118 Å². The SMILES string of the molecule is COc1ccc(-c2onc3ccc(-c4ccnn4-c4ccc(F)cc4F)cc23)cc1.Fc1ccc(-n2nccc2-c2ccc3noc(-c4ccc(Cl)cc4)c3c2)c(F)c1.c1ccc(-c2onc3ccc(-c4ccnn4-c4ccccc4)cc23)cc1. The van der Waals surface area contributed by atoms with Crippen LogP contribution in [-0.4, -0.2) is 51.9 Å². The lowest BCUT2D eigenvalue weighted by molar-refractivity contribution is 0.414. The highest BCUT2D eigenvalue weighted by Crippen LogP contribution is 2.37. The molecule has 0 aliphatic heterocycles. The smallest absolute Gasteiger partial charge is 0.174 e. The van der Waals surface area contributed by atoms with E-state index < -0.39 is 23.3 Å². The molecule has 0 amide bonds. The molecule has 0 unspecified atom stereocenters. The number of aromatic nitrogens is 9. The van der Waals surface area contributed by atoms with E-state index >= 15 is 0 Å². The standard InChI is InChI=1S/C23H15F2N3O2.C22H12ClF2N3O.C22H15N3O/c1-29-17-6-2-14(3-7-17)23-18-12-15(4-8-20(18)27-30-23)21-10-11-26-28(21)22-9-5-16(24)13-19(22)25;23-15-4-1-13(2-5-15)22-17-11-14(3-7-19(17)27-29-22)20-9-10-26-28(20)21-8-6-16(24)12-18(21)25;1-3-7-16(8-4-1)22-19-15-17(11-12-20(19)24-26-22)21-13-14-23-25(21)18-9-5-2-6-10-18/h2-13H,1H3;1-12H;1-15H. The Balaban J connectivity index is 0.000000119. The molecule has 13 nitrogen and oxygen atoms in total. The fraction of sp³-hybridized carbons (Fsp3) is 0.0149. The molecule has 85 heavy (non-hydrogen) atoms. The summed E-state index contributed by atoms with van der Waals surface area (Å²) in [6.45, 7) is 0. The summed E-state index contributed by atoms with van der Waals surface area (Å²) in [5.41, 5.74) is 11.3. The molecule has 9 aromatic carbocycles. The van der Waals surface area contributed by atoms with E-state index in [2.05, 4.69) is 42.9 Å². The summed E-state index contributed by atoms with van der Waals surface area (Å²) in [5.74, 6) is 0.0963. The molecule has 15 aromatic rings. The number of methoxy groups -OCH3 is 1.